The standard InChI is InChI=1S/C13H16N4O/c14-9-10-1-3-12(4-2-10)16-13(18)17-7-5-11(15)6-8-17/h1-4,11H,5-8,15H2,(H,16,18). The van der Waals surface area contributed by atoms with Gasteiger partial charge >= 0.3 is 6.03 Å². The predicted molar refractivity (Wildman–Crippen MR) is 69.0 cm³/mol. The van der Waals surface area contributed by atoms with Gasteiger partial charge < -0.3 is 16.0 Å². The van der Waals surface area contributed by atoms with Crippen LogP contribution in [-0.2, 0) is 0 Å². The second kappa shape index (κ2) is 5.52. The Morgan fingerprint density at radius 1 is 1.33 bits per heavy atom. The summed E-state index contributed by atoms with van der Waals surface area (Å²) in [5.74, 6) is 0. The molecule has 0 unspecified atom stereocenters. The normalized spacial score (nSPS) is 16.1. The molecule has 1 fully saturated rings. The van der Waals surface area contributed by atoms with Crippen molar-refractivity contribution in [1.82, 2.24) is 4.90 Å². The molecule has 0 atom stereocenters. The highest BCUT2D eigenvalue weighted by atomic mass is 16.2. The Labute approximate surface area is 106 Å². The molecule has 0 radical (unpaired) electrons. The van der Waals surface area contributed by atoms with Crippen molar-refractivity contribution in [3.63, 3.8) is 0 Å². The van der Waals surface area contributed by atoms with E-state index in [9.17, 15) is 4.79 Å². The van der Waals surface area contributed by atoms with Gasteiger partial charge in [0.15, 0.2) is 0 Å². The second-order valence-electron chi connectivity index (χ2n) is 4.44. The van der Waals surface area contributed by atoms with Gasteiger partial charge in [-0.05, 0) is 37.1 Å². The maximum absolute atomic E-state index is 11.9. The van der Waals surface area contributed by atoms with Crippen LogP contribution >= 0.6 is 0 Å². The lowest BCUT2D eigenvalue weighted by Crippen LogP contribution is -2.44. The van der Waals surface area contributed by atoms with E-state index in [-0.39, 0.29) is 12.1 Å². The Hall–Kier alpha value is -2.06. The average Bonchev–Trinajstić information content (AvgIpc) is 2.40. The molecule has 1 aromatic rings. The number of hydrogen-bond acceptors (Lipinski definition) is 3. The van der Waals surface area contributed by atoms with Crippen LogP contribution in [0.15, 0.2) is 24.3 Å². The highest BCUT2D eigenvalue weighted by Gasteiger charge is 2.20. The minimum absolute atomic E-state index is 0.105. The average molecular weight is 244 g/mol. The fourth-order valence-corrected chi connectivity index (χ4v) is 1.93. The summed E-state index contributed by atoms with van der Waals surface area (Å²) < 4.78 is 0. The number of anilines is 1. The molecule has 5 nitrogen and oxygen atoms in total. The van der Waals surface area contributed by atoms with Gasteiger partial charge in [0.25, 0.3) is 0 Å². The van der Waals surface area contributed by atoms with Crippen molar-refractivity contribution in [2.45, 2.75) is 18.9 Å². The van der Waals surface area contributed by atoms with Gasteiger partial charge in [0.05, 0.1) is 11.6 Å². The van der Waals surface area contributed by atoms with E-state index in [2.05, 4.69) is 5.32 Å². The van der Waals surface area contributed by atoms with Crippen LogP contribution in [0.1, 0.15) is 18.4 Å². The maximum Gasteiger partial charge on any atom is 0.321 e. The molecule has 0 aromatic heterocycles. The predicted octanol–water partition coefficient (Wildman–Crippen LogP) is 1.51. The van der Waals surface area contributed by atoms with Crippen LogP contribution in [0.2, 0.25) is 0 Å². The largest absolute Gasteiger partial charge is 0.328 e. The topological polar surface area (TPSA) is 82.2 Å². The third-order valence-electron chi connectivity index (χ3n) is 3.09. The monoisotopic (exact) mass is 244 g/mol. The third kappa shape index (κ3) is 2.99. The number of likely N-dealkylation sites (tertiary alicyclic amines) is 1. The highest BCUT2D eigenvalue weighted by Crippen LogP contribution is 2.13. The van der Waals surface area contributed by atoms with Crippen molar-refractivity contribution in [3.8, 4) is 6.07 Å². The summed E-state index contributed by atoms with van der Waals surface area (Å²) in [5.41, 5.74) is 7.08. The van der Waals surface area contributed by atoms with E-state index in [1.807, 2.05) is 6.07 Å². The van der Waals surface area contributed by atoms with E-state index >= 15 is 0 Å². The van der Waals surface area contributed by atoms with Crippen LogP contribution in [0.3, 0.4) is 0 Å². The summed E-state index contributed by atoms with van der Waals surface area (Å²) >= 11 is 0. The van der Waals surface area contributed by atoms with Gasteiger partial charge in [-0.15, -0.1) is 0 Å². The van der Waals surface area contributed by atoms with Crippen LogP contribution < -0.4 is 11.1 Å². The molecule has 2 amide bonds. The lowest BCUT2D eigenvalue weighted by atomic mass is 10.1. The van der Waals surface area contributed by atoms with E-state index in [4.69, 9.17) is 11.0 Å². The Morgan fingerprint density at radius 3 is 2.50 bits per heavy atom. The zero-order chi connectivity index (χ0) is 13.0. The van der Waals surface area contributed by atoms with Gasteiger partial charge in [-0.3, -0.25) is 0 Å². The van der Waals surface area contributed by atoms with Gasteiger partial charge in [0, 0.05) is 24.8 Å². The number of nitrogens with two attached hydrogens (primary N) is 1. The molecule has 18 heavy (non-hydrogen) atoms. The molecule has 1 saturated heterocycles. The molecule has 3 N–H and O–H groups in total. The first-order chi connectivity index (χ1) is 8.69. The first-order valence-electron chi connectivity index (χ1n) is 6.00. The number of nitrogens with zero attached hydrogens (tertiary/aromatic N) is 2. The van der Waals surface area contributed by atoms with Crippen molar-refractivity contribution in [2.24, 2.45) is 5.73 Å². The molecule has 94 valence electrons. The van der Waals surface area contributed by atoms with Crippen LogP contribution in [0.5, 0.6) is 0 Å². The summed E-state index contributed by atoms with van der Waals surface area (Å²) in [7, 11) is 0. The molecule has 0 spiro atoms. The molecule has 1 aliphatic heterocycles. The van der Waals surface area contributed by atoms with Crippen LogP contribution in [-0.4, -0.2) is 30.1 Å². The molecule has 1 aromatic carbocycles. The van der Waals surface area contributed by atoms with Crippen LogP contribution in [0.25, 0.3) is 0 Å². The van der Waals surface area contributed by atoms with Crippen LogP contribution in [0, 0.1) is 11.3 Å². The summed E-state index contributed by atoms with van der Waals surface area (Å²) in [5, 5.41) is 11.5. The fourth-order valence-electron chi connectivity index (χ4n) is 1.93. The molecule has 5 heteroatoms. The molecule has 2 rings (SSSR count). The summed E-state index contributed by atoms with van der Waals surface area (Å²) in [6.45, 7) is 1.40. The Morgan fingerprint density at radius 2 is 1.94 bits per heavy atom. The first kappa shape index (κ1) is 12.4. The van der Waals surface area contributed by atoms with E-state index in [1.165, 1.54) is 0 Å². The summed E-state index contributed by atoms with van der Waals surface area (Å²) in [6, 6.07) is 8.97. The minimum Gasteiger partial charge on any atom is -0.328 e. The molecular formula is C13H16N4O. The summed E-state index contributed by atoms with van der Waals surface area (Å²) in [4.78, 5) is 13.7. The van der Waals surface area contributed by atoms with Crippen molar-refractivity contribution in [2.75, 3.05) is 18.4 Å². The number of carbonyl (C=O) groups excluding carboxylic acids is 1. The number of hydrogen-bond donors (Lipinski definition) is 2. The Kier molecular flexibility index (Phi) is 3.80. The van der Waals surface area contributed by atoms with E-state index in [0.717, 1.165) is 12.8 Å². The number of carbonyl (C=O) groups is 1. The SMILES string of the molecule is N#Cc1ccc(NC(=O)N2CCC(N)CC2)cc1. The van der Waals surface area contributed by atoms with Gasteiger partial charge in [-0.25, -0.2) is 4.79 Å². The van der Waals surface area contributed by atoms with Gasteiger partial charge in [0.2, 0.25) is 0 Å². The van der Waals surface area contributed by atoms with E-state index < -0.39 is 0 Å². The number of amides is 2. The number of urea groups is 1. The molecule has 0 aliphatic carbocycles. The van der Waals surface area contributed by atoms with Gasteiger partial charge in [0.1, 0.15) is 0 Å². The number of nitriles is 1. The van der Waals surface area contributed by atoms with Gasteiger partial charge in [-0.1, -0.05) is 0 Å². The minimum atomic E-state index is -0.105. The summed E-state index contributed by atoms with van der Waals surface area (Å²) in [6.07, 6.45) is 1.70. The molecular weight excluding hydrogens is 228 g/mol. The molecule has 1 aliphatic rings. The van der Waals surface area contributed by atoms with Crippen molar-refractivity contribution < 1.29 is 4.79 Å². The fraction of sp³-hybridized carbons (Fsp3) is 0.385. The lowest BCUT2D eigenvalue weighted by molar-refractivity contribution is 0.195. The Bertz CT molecular complexity index is 455. The zero-order valence-corrected chi connectivity index (χ0v) is 10.1. The lowest BCUT2D eigenvalue weighted by Gasteiger charge is -2.30. The third-order valence-corrected chi connectivity index (χ3v) is 3.09. The molecule has 0 bridgehead atoms. The number of piperidine rings is 1. The smallest absolute Gasteiger partial charge is 0.321 e. The number of rotatable bonds is 1. The molecule has 1 heterocycles. The van der Waals surface area contributed by atoms with Crippen molar-refractivity contribution in [1.29, 1.82) is 5.26 Å². The van der Waals surface area contributed by atoms with Gasteiger partial charge in [-0.2, -0.15) is 5.26 Å². The maximum atomic E-state index is 11.9. The highest BCUT2D eigenvalue weighted by molar-refractivity contribution is 5.89. The van der Waals surface area contributed by atoms with E-state index in [0.29, 0.717) is 24.3 Å². The Balaban J connectivity index is 1.92. The quantitative estimate of drug-likeness (QED) is 0.785. The van der Waals surface area contributed by atoms with Crippen LogP contribution in [0.4, 0.5) is 10.5 Å². The van der Waals surface area contributed by atoms with Crippen molar-refractivity contribution in [3.05, 3.63) is 29.8 Å². The number of benzene rings is 1. The van der Waals surface area contributed by atoms with E-state index in [1.54, 1.807) is 29.2 Å². The zero-order valence-electron chi connectivity index (χ0n) is 10.1. The molecule has 0 saturated carbocycles. The second-order valence-corrected chi connectivity index (χ2v) is 4.44. The van der Waals surface area contributed by atoms with Crippen molar-refractivity contribution >= 4 is 11.7 Å². The first-order valence-corrected chi connectivity index (χ1v) is 6.00. The number of nitrogens with one attached hydrogen (secondary N) is 1.